The summed E-state index contributed by atoms with van der Waals surface area (Å²) in [7, 11) is 0. The first kappa shape index (κ1) is 28.9. The maximum Gasteiger partial charge on any atom is 0.258 e. The summed E-state index contributed by atoms with van der Waals surface area (Å²) in [6, 6.07) is 24.1. The number of halogens is 1. The van der Waals surface area contributed by atoms with E-state index in [0.717, 1.165) is 46.6 Å². The zero-order valence-electron chi connectivity index (χ0n) is 22.6. The molecule has 0 spiro atoms. The van der Waals surface area contributed by atoms with E-state index < -0.39 is 11.7 Å². The van der Waals surface area contributed by atoms with E-state index in [1.807, 2.05) is 80.6 Å². The number of aromatic nitrogens is 1. The molecule has 1 amide bonds. The van der Waals surface area contributed by atoms with Crippen LogP contribution in [0.1, 0.15) is 50.9 Å². The third-order valence-corrected chi connectivity index (χ3v) is 6.76. The van der Waals surface area contributed by atoms with Gasteiger partial charge >= 0.3 is 0 Å². The molecule has 1 saturated heterocycles. The van der Waals surface area contributed by atoms with Crippen LogP contribution in [0.25, 0.3) is 22.2 Å². The maximum atomic E-state index is 14.6. The molecule has 0 bridgehead atoms. The van der Waals surface area contributed by atoms with Crippen LogP contribution in [0.3, 0.4) is 0 Å². The number of pyridine rings is 1. The van der Waals surface area contributed by atoms with Crippen LogP contribution in [0.15, 0.2) is 91.0 Å². The number of amides is 1. The van der Waals surface area contributed by atoms with Crippen LogP contribution in [-0.4, -0.2) is 23.2 Å². The van der Waals surface area contributed by atoms with Crippen LogP contribution in [0.5, 0.6) is 0 Å². The highest BCUT2D eigenvalue weighted by atomic mass is 32.2. The second-order valence-corrected chi connectivity index (χ2v) is 9.86. The highest BCUT2D eigenvalue weighted by molar-refractivity contribution is 8.00. The van der Waals surface area contributed by atoms with Crippen LogP contribution in [0.2, 0.25) is 0 Å². The van der Waals surface area contributed by atoms with Gasteiger partial charge in [0, 0.05) is 34.6 Å². The molecule has 1 fully saturated rings. The lowest BCUT2D eigenvalue weighted by molar-refractivity contribution is 0.102. The van der Waals surface area contributed by atoms with Crippen LogP contribution in [-0.2, 0) is 0 Å². The Hall–Kier alpha value is -3.64. The molecule has 0 atom stereocenters. The molecule has 1 aliphatic heterocycles. The van der Waals surface area contributed by atoms with Gasteiger partial charge in [0.05, 0.1) is 16.8 Å². The topological polar surface area (TPSA) is 45.2 Å². The van der Waals surface area contributed by atoms with Crippen molar-refractivity contribution in [3.63, 3.8) is 0 Å². The second-order valence-electron chi connectivity index (χ2n) is 8.75. The number of fused-ring (bicyclic) bond motifs is 1. The number of nitrogens with zero attached hydrogens (tertiary/aromatic N) is 2. The Labute approximate surface area is 230 Å². The molecule has 38 heavy (non-hydrogen) atoms. The molecule has 0 saturated carbocycles. The van der Waals surface area contributed by atoms with Gasteiger partial charge in [-0.3, -0.25) is 4.79 Å². The molecule has 1 aliphatic rings. The summed E-state index contributed by atoms with van der Waals surface area (Å²) in [4.78, 5) is 17.4. The third kappa shape index (κ3) is 7.93. The number of nitrogens with one attached hydrogen (secondary N) is 1. The van der Waals surface area contributed by atoms with Gasteiger partial charge in [0.25, 0.3) is 5.91 Å². The highest BCUT2D eigenvalue weighted by Crippen LogP contribution is 2.30. The van der Waals surface area contributed by atoms with E-state index in [4.69, 9.17) is 4.98 Å². The molecule has 0 aliphatic carbocycles. The van der Waals surface area contributed by atoms with Crippen molar-refractivity contribution >= 4 is 40.1 Å². The van der Waals surface area contributed by atoms with Crippen molar-refractivity contribution in [2.45, 2.75) is 40.5 Å². The van der Waals surface area contributed by atoms with Gasteiger partial charge < -0.3 is 9.62 Å². The number of rotatable bonds is 4. The van der Waals surface area contributed by atoms with Crippen molar-refractivity contribution in [1.82, 2.24) is 4.98 Å². The quantitative estimate of drug-likeness (QED) is 0.211. The zero-order valence-corrected chi connectivity index (χ0v) is 23.4. The average Bonchev–Trinajstić information content (AvgIpc) is 3.49. The molecule has 4 aromatic rings. The second kappa shape index (κ2) is 14.9. The monoisotopic (exact) mass is 529 g/mol. The Morgan fingerprint density at radius 2 is 1.76 bits per heavy atom. The lowest BCUT2D eigenvalue weighted by Crippen LogP contribution is -2.15. The molecule has 1 aromatic heterocycles. The Morgan fingerprint density at radius 3 is 2.45 bits per heavy atom. The fourth-order valence-electron chi connectivity index (χ4n) is 3.68. The summed E-state index contributed by atoms with van der Waals surface area (Å²) >= 11 is 1.68. The first-order valence-corrected chi connectivity index (χ1v) is 14.0. The molecule has 6 heteroatoms. The normalized spacial score (nSPS) is 12.5. The smallest absolute Gasteiger partial charge is 0.258 e. The summed E-state index contributed by atoms with van der Waals surface area (Å²) < 4.78 is 16.7. The van der Waals surface area contributed by atoms with Gasteiger partial charge in [-0.1, -0.05) is 68.8 Å². The first-order chi connectivity index (χ1) is 18.5. The van der Waals surface area contributed by atoms with E-state index in [-0.39, 0.29) is 5.56 Å². The van der Waals surface area contributed by atoms with Gasteiger partial charge in [0.1, 0.15) is 5.82 Å². The van der Waals surface area contributed by atoms with Gasteiger partial charge in [0.15, 0.2) is 0 Å². The highest BCUT2D eigenvalue weighted by Gasteiger charge is 2.18. The van der Waals surface area contributed by atoms with E-state index in [1.165, 1.54) is 12.5 Å². The van der Waals surface area contributed by atoms with Gasteiger partial charge in [-0.05, 0) is 74.7 Å². The van der Waals surface area contributed by atoms with Gasteiger partial charge in [-0.15, -0.1) is 0 Å². The summed E-state index contributed by atoms with van der Waals surface area (Å²) in [5.74, 6) is 0.0447. The molecule has 198 valence electrons. The number of para-hydroxylation sites is 1. The fraction of sp³-hybridized carbons (Fsp3) is 0.250. The molecular weight excluding hydrogens is 493 g/mol. The number of carbonyl (C=O) groups excluding carboxylic acids is 1. The zero-order chi connectivity index (χ0) is 27.3. The van der Waals surface area contributed by atoms with E-state index >= 15 is 0 Å². The minimum atomic E-state index is -0.519. The molecule has 0 radical (unpaired) electrons. The Bertz CT molecular complexity index is 1360. The maximum absolute atomic E-state index is 14.6. The number of hydrogen-bond donors (Lipinski definition) is 1. The molecule has 5 rings (SSSR count). The van der Waals surface area contributed by atoms with Gasteiger partial charge in [0.2, 0.25) is 0 Å². The van der Waals surface area contributed by atoms with Crippen LogP contribution < -0.4 is 9.62 Å². The van der Waals surface area contributed by atoms with E-state index in [2.05, 4.69) is 23.5 Å². The van der Waals surface area contributed by atoms with Crippen molar-refractivity contribution in [2.75, 3.05) is 21.9 Å². The van der Waals surface area contributed by atoms with E-state index in [1.54, 1.807) is 30.1 Å². The van der Waals surface area contributed by atoms with E-state index in [0.29, 0.717) is 5.69 Å². The fourth-order valence-corrected chi connectivity index (χ4v) is 4.68. The Morgan fingerprint density at radius 1 is 1.00 bits per heavy atom. The lowest BCUT2D eigenvalue weighted by Gasteiger charge is -2.16. The van der Waals surface area contributed by atoms with Crippen molar-refractivity contribution in [2.24, 2.45) is 0 Å². The number of hydrogen-bond acceptors (Lipinski definition) is 4. The van der Waals surface area contributed by atoms with Crippen LogP contribution in [0.4, 0.5) is 15.8 Å². The predicted octanol–water partition coefficient (Wildman–Crippen LogP) is 9.15. The summed E-state index contributed by atoms with van der Waals surface area (Å²) in [6.45, 7) is 9.14. The van der Waals surface area contributed by atoms with Crippen LogP contribution >= 0.6 is 11.9 Å². The van der Waals surface area contributed by atoms with E-state index in [9.17, 15) is 9.18 Å². The number of anilines is 2. The van der Waals surface area contributed by atoms with Gasteiger partial charge in [-0.25, -0.2) is 9.37 Å². The molecule has 4 nitrogen and oxygen atoms in total. The van der Waals surface area contributed by atoms with Crippen molar-refractivity contribution in [3.8, 4) is 11.3 Å². The SMILES string of the molecule is C/C=C\C.CCC.O=C(Nc1cccc(-c2ccc3ccccc3n2)c1)c1ccc(N2CCCS2)cc1F. The molecule has 3 aromatic carbocycles. The lowest BCUT2D eigenvalue weighted by atomic mass is 10.1. The first-order valence-electron chi connectivity index (χ1n) is 13.1. The summed E-state index contributed by atoms with van der Waals surface area (Å²) in [5, 5.41) is 3.88. The van der Waals surface area contributed by atoms with Crippen molar-refractivity contribution in [3.05, 3.63) is 102 Å². The van der Waals surface area contributed by atoms with Gasteiger partial charge in [-0.2, -0.15) is 0 Å². The third-order valence-electron chi connectivity index (χ3n) is 5.59. The standard InChI is InChI=1S/C25H20FN3OS.C4H8.C3H8/c26-22-16-20(29-13-4-14-31-29)10-11-21(22)25(30)27-19-7-3-6-18(15-19)24-12-9-17-5-1-2-8-23(17)28-24;1-3-4-2;1-3-2/h1-3,5-12,15-16H,4,13-14H2,(H,27,30);3-4H,1-2H3;3H2,1-2H3/b;4-3-;. The largest absolute Gasteiger partial charge is 0.322 e. The summed E-state index contributed by atoms with van der Waals surface area (Å²) in [6.07, 6.45) is 6.33. The minimum Gasteiger partial charge on any atom is -0.322 e. The summed E-state index contributed by atoms with van der Waals surface area (Å²) in [5.41, 5.74) is 4.02. The van der Waals surface area contributed by atoms with Crippen molar-refractivity contribution < 1.29 is 9.18 Å². The Balaban J connectivity index is 0.000000515. The van der Waals surface area contributed by atoms with Crippen molar-refractivity contribution in [1.29, 1.82) is 0 Å². The molecule has 2 heterocycles. The number of carbonyl (C=O) groups is 1. The average molecular weight is 530 g/mol. The Kier molecular flexibility index (Phi) is 11.4. The minimum absolute atomic E-state index is 0.0298. The predicted molar refractivity (Wildman–Crippen MR) is 162 cm³/mol. The molecule has 0 unspecified atom stereocenters. The van der Waals surface area contributed by atoms with Crippen LogP contribution in [0, 0.1) is 5.82 Å². The molecular formula is C32H36FN3OS. The molecule has 1 N–H and O–H groups in total. The number of allylic oxidation sites excluding steroid dienone is 2. The number of benzene rings is 3.